The van der Waals surface area contributed by atoms with Crippen LogP contribution in [-0.4, -0.2) is 51.4 Å². The molecule has 31 heavy (non-hydrogen) atoms. The van der Waals surface area contributed by atoms with Gasteiger partial charge in [0.15, 0.2) is 0 Å². The maximum absolute atomic E-state index is 12.5. The summed E-state index contributed by atoms with van der Waals surface area (Å²) in [6.45, 7) is 3.66. The van der Waals surface area contributed by atoms with Crippen LogP contribution in [0.2, 0.25) is 5.02 Å². The Morgan fingerprint density at radius 1 is 1.10 bits per heavy atom. The molecular formula is C21H26ClN3O5S. The number of hydrogen-bond donors (Lipinski definition) is 2. The highest BCUT2D eigenvalue weighted by Crippen LogP contribution is 2.16. The number of sulfonamides is 1. The molecule has 0 saturated carbocycles. The van der Waals surface area contributed by atoms with Gasteiger partial charge in [0.05, 0.1) is 17.5 Å². The molecule has 8 nitrogen and oxygen atoms in total. The van der Waals surface area contributed by atoms with Gasteiger partial charge in [0.2, 0.25) is 21.8 Å². The lowest BCUT2D eigenvalue weighted by atomic mass is 10.3. The number of nitrogens with zero attached hydrogens (tertiary/aromatic N) is 1. The molecular weight excluding hydrogens is 442 g/mol. The fourth-order valence-corrected chi connectivity index (χ4v) is 4.06. The predicted molar refractivity (Wildman–Crippen MR) is 120 cm³/mol. The number of likely N-dealkylation sites (N-methyl/N-ethyl adjacent to an activating group) is 1. The van der Waals surface area contributed by atoms with E-state index in [9.17, 15) is 18.0 Å². The molecule has 0 saturated heterocycles. The van der Waals surface area contributed by atoms with E-state index >= 15 is 0 Å². The Morgan fingerprint density at radius 2 is 1.71 bits per heavy atom. The van der Waals surface area contributed by atoms with E-state index in [-0.39, 0.29) is 16.7 Å². The van der Waals surface area contributed by atoms with Crippen LogP contribution in [-0.2, 0) is 19.6 Å². The van der Waals surface area contributed by atoms with Gasteiger partial charge >= 0.3 is 0 Å². The molecule has 2 N–H and O–H groups in total. The van der Waals surface area contributed by atoms with Crippen LogP contribution in [0.5, 0.6) is 5.75 Å². The largest absolute Gasteiger partial charge is 0.494 e. The second-order valence-electron chi connectivity index (χ2n) is 6.96. The van der Waals surface area contributed by atoms with Crippen LogP contribution in [0.3, 0.4) is 0 Å². The van der Waals surface area contributed by atoms with Crippen LogP contribution < -0.4 is 14.8 Å². The number of rotatable bonds is 10. The SMILES string of the molecule is CC(=O)Nc1ccc(S(=O)(=O)N[C@@H](C)C(=O)N(C)CCCOc2ccc(Cl)cc2)cc1. The Balaban J connectivity index is 1.83. The first-order chi connectivity index (χ1) is 14.6. The van der Waals surface area contributed by atoms with Crippen LogP contribution in [0, 0.1) is 0 Å². The molecule has 0 spiro atoms. The summed E-state index contributed by atoms with van der Waals surface area (Å²) in [5.74, 6) is 0.0727. The minimum Gasteiger partial charge on any atom is -0.494 e. The van der Waals surface area contributed by atoms with Crippen LogP contribution >= 0.6 is 11.6 Å². The molecule has 2 amide bonds. The molecule has 0 aliphatic carbocycles. The van der Waals surface area contributed by atoms with Crippen molar-refractivity contribution in [2.45, 2.75) is 31.2 Å². The van der Waals surface area contributed by atoms with E-state index in [1.165, 1.54) is 43.0 Å². The monoisotopic (exact) mass is 467 g/mol. The molecule has 0 unspecified atom stereocenters. The topological polar surface area (TPSA) is 105 Å². The molecule has 1 atom stereocenters. The Hall–Kier alpha value is -2.62. The Morgan fingerprint density at radius 3 is 2.29 bits per heavy atom. The number of carbonyl (C=O) groups is 2. The van der Waals surface area contributed by atoms with Crippen molar-refractivity contribution in [3.05, 3.63) is 53.6 Å². The summed E-state index contributed by atoms with van der Waals surface area (Å²) in [6.07, 6.45) is 0.578. The number of ether oxygens (including phenoxy) is 1. The number of hydrogen-bond acceptors (Lipinski definition) is 5. The lowest BCUT2D eigenvalue weighted by molar-refractivity contribution is -0.131. The standard InChI is InChI=1S/C21H26ClN3O5S/c1-15(24-31(28,29)20-11-7-18(8-12-20)23-16(2)26)21(27)25(3)13-4-14-30-19-9-5-17(22)6-10-19/h5-12,15,24H,4,13-14H2,1-3H3,(H,23,26)/t15-/m0/s1. The van der Waals surface area contributed by atoms with Crippen molar-refractivity contribution in [2.24, 2.45) is 0 Å². The normalized spacial score (nSPS) is 12.1. The molecule has 2 aromatic rings. The van der Waals surface area contributed by atoms with Crippen molar-refractivity contribution in [1.29, 1.82) is 0 Å². The highest BCUT2D eigenvalue weighted by Gasteiger charge is 2.24. The first-order valence-electron chi connectivity index (χ1n) is 9.62. The van der Waals surface area contributed by atoms with Gasteiger partial charge in [0.1, 0.15) is 5.75 Å². The van der Waals surface area contributed by atoms with E-state index in [0.29, 0.717) is 36.0 Å². The number of nitrogens with one attached hydrogen (secondary N) is 2. The number of carbonyl (C=O) groups excluding carboxylic acids is 2. The summed E-state index contributed by atoms with van der Waals surface area (Å²) < 4.78 is 33.1. The summed E-state index contributed by atoms with van der Waals surface area (Å²) >= 11 is 5.83. The molecule has 0 aliphatic rings. The summed E-state index contributed by atoms with van der Waals surface area (Å²) in [7, 11) is -2.28. The molecule has 0 heterocycles. The number of benzene rings is 2. The van der Waals surface area contributed by atoms with E-state index in [1.54, 1.807) is 31.3 Å². The quantitative estimate of drug-likeness (QED) is 0.523. The van der Waals surface area contributed by atoms with Gasteiger partial charge in [0.25, 0.3) is 0 Å². The third-order valence-corrected chi connectivity index (χ3v) is 6.09. The number of halogens is 1. The molecule has 2 rings (SSSR count). The van der Waals surface area contributed by atoms with E-state index in [2.05, 4.69) is 10.0 Å². The van der Waals surface area contributed by atoms with Crippen molar-refractivity contribution in [1.82, 2.24) is 9.62 Å². The van der Waals surface area contributed by atoms with Crippen LogP contribution in [0.25, 0.3) is 0 Å². The fraction of sp³-hybridized carbons (Fsp3) is 0.333. The Labute approximate surface area is 187 Å². The minimum absolute atomic E-state index is 0.000250. The van der Waals surface area contributed by atoms with E-state index < -0.39 is 16.1 Å². The maximum Gasteiger partial charge on any atom is 0.241 e. The van der Waals surface area contributed by atoms with Crippen molar-refractivity contribution >= 4 is 39.1 Å². The summed E-state index contributed by atoms with van der Waals surface area (Å²) in [4.78, 5) is 25.0. The van der Waals surface area contributed by atoms with Gasteiger partial charge in [-0.25, -0.2) is 8.42 Å². The van der Waals surface area contributed by atoms with Gasteiger partial charge in [0, 0.05) is 31.2 Å². The summed E-state index contributed by atoms with van der Waals surface area (Å²) in [6, 6.07) is 11.7. The highest BCUT2D eigenvalue weighted by atomic mass is 35.5. The third kappa shape index (κ3) is 7.86. The van der Waals surface area contributed by atoms with E-state index in [1.807, 2.05) is 0 Å². The zero-order valence-corrected chi connectivity index (χ0v) is 19.2. The van der Waals surface area contributed by atoms with Crippen LogP contribution in [0.15, 0.2) is 53.4 Å². The third-order valence-electron chi connectivity index (χ3n) is 4.28. The molecule has 168 valence electrons. The van der Waals surface area contributed by atoms with E-state index in [0.717, 1.165) is 0 Å². The second kappa shape index (κ2) is 11.1. The molecule has 10 heteroatoms. The van der Waals surface area contributed by atoms with Crippen LogP contribution in [0.1, 0.15) is 20.3 Å². The summed E-state index contributed by atoms with van der Waals surface area (Å²) in [5.41, 5.74) is 0.483. The van der Waals surface area contributed by atoms with Crippen LogP contribution in [0.4, 0.5) is 5.69 Å². The van der Waals surface area contributed by atoms with Gasteiger partial charge in [-0.1, -0.05) is 11.6 Å². The van der Waals surface area contributed by atoms with Crippen molar-refractivity contribution < 1.29 is 22.7 Å². The zero-order valence-electron chi connectivity index (χ0n) is 17.6. The Kier molecular flexibility index (Phi) is 8.85. The van der Waals surface area contributed by atoms with Crippen molar-refractivity contribution in [3.8, 4) is 5.75 Å². The molecule has 0 aliphatic heterocycles. The second-order valence-corrected chi connectivity index (χ2v) is 9.11. The fourth-order valence-electron chi connectivity index (χ4n) is 2.74. The number of anilines is 1. The predicted octanol–water partition coefficient (Wildman–Crippen LogP) is 2.89. The van der Waals surface area contributed by atoms with E-state index in [4.69, 9.17) is 16.3 Å². The van der Waals surface area contributed by atoms with Gasteiger partial charge < -0.3 is 15.0 Å². The smallest absolute Gasteiger partial charge is 0.241 e. The van der Waals surface area contributed by atoms with Gasteiger partial charge in [-0.15, -0.1) is 0 Å². The molecule has 0 bridgehead atoms. The Bertz CT molecular complexity index is 995. The number of amides is 2. The zero-order chi connectivity index (χ0) is 23.0. The average molecular weight is 468 g/mol. The first kappa shape index (κ1) is 24.6. The first-order valence-corrected chi connectivity index (χ1v) is 11.5. The lowest BCUT2D eigenvalue weighted by Gasteiger charge is -2.22. The summed E-state index contributed by atoms with van der Waals surface area (Å²) in [5, 5.41) is 3.19. The maximum atomic E-state index is 12.5. The van der Waals surface area contributed by atoms with Gasteiger partial charge in [-0.3, -0.25) is 9.59 Å². The lowest BCUT2D eigenvalue weighted by Crippen LogP contribution is -2.45. The molecule has 0 radical (unpaired) electrons. The van der Waals surface area contributed by atoms with Crippen molar-refractivity contribution in [3.63, 3.8) is 0 Å². The van der Waals surface area contributed by atoms with Gasteiger partial charge in [-0.05, 0) is 61.9 Å². The molecule has 0 aromatic heterocycles. The average Bonchev–Trinajstić information content (AvgIpc) is 2.71. The van der Waals surface area contributed by atoms with Crippen molar-refractivity contribution in [2.75, 3.05) is 25.5 Å². The van der Waals surface area contributed by atoms with Gasteiger partial charge in [-0.2, -0.15) is 4.72 Å². The minimum atomic E-state index is -3.89. The highest BCUT2D eigenvalue weighted by molar-refractivity contribution is 7.89. The molecule has 0 fully saturated rings. The molecule has 2 aromatic carbocycles.